The molecule has 0 saturated heterocycles. The molecule has 1 atom stereocenters. The summed E-state index contributed by atoms with van der Waals surface area (Å²) in [4.78, 5) is 9.84. The number of aromatic nitrogens is 2. The van der Waals surface area contributed by atoms with E-state index >= 15 is 0 Å². The van der Waals surface area contributed by atoms with Gasteiger partial charge in [-0.3, -0.25) is 0 Å². The van der Waals surface area contributed by atoms with Crippen LogP contribution in [0.25, 0.3) is 4.85 Å². The molecule has 0 aliphatic carbocycles. The third kappa shape index (κ3) is 5.02. The van der Waals surface area contributed by atoms with Gasteiger partial charge in [-0.2, -0.15) is 4.31 Å². The number of sulfonamides is 1. The van der Waals surface area contributed by atoms with Crippen LogP contribution in [0.5, 0.6) is 5.75 Å². The molecule has 1 unspecified atom stereocenters. The molecule has 2 heterocycles. The highest BCUT2D eigenvalue weighted by Gasteiger charge is 2.33. The lowest BCUT2D eigenvalue weighted by molar-refractivity contribution is 0.179. The summed E-state index contributed by atoms with van der Waals surface area (Å²) >= 11 is 0. The molecule has 0 fully saturated rings. The first-order valence-electron chi connectivity index (χ1n) is 10.6. The second-order valence-corrected chi connectivity index (χ2v) is 10.3. The summed E-state index contributed by atoms with van der Waals surface area (Å²) in [7, 11) is 0.414. The maximum absolute atomic E-state index is 12.7. The summed E-state index contributed by atoms with van der Waals surface area (Å²) in [6.07, 6.45) is 5.27. The molecule has 0 spiro atoms. The van der Waals surface area contributed by atoms with Crippen LogP contribution in [0.15, 0.2) is 55.0 Å². The van der Waals surface area contributed by atoms with Gasteiger partial charge in [0.1, 0.15) is 12.4 Å². The maximum atomic E-state index is 12.7. The standard InChI is InChI=1S/C24H27N5O3S/c1-25-20-10-19-11-21(29(33(4,30)31)14-18-8-6-5-7-9-18)16-32-24(19)23(12-20)27(2)15-22-13-26-17-28(22)3/h5-10,12-13,17,21H,11,14-16H2,2-4H3. The molecule has 0 N–H and O–H groups in total. The second kappa shape index (κ2) is 9.25. The van der Waals surface area contributed by atoms with Crippen molar-refractivity contribution in [1.29, 1.82) is 0 Å². The van der Waals surface area contributed by atoms with Gasteiger partial charge in [-0.05, 0) is 29.7 Å². The van der Waals surface area contributed by atoms with Gasteiger partial charge in [0.05, 0.1) is 43.1 Å². The van der Waals surface area contributed by atoms with Crippen molar-refractivity contribution in [1.82, 2.24) is 13.9 Å². The van der Waals surface area contributed by atoms with Crippen LogP contribution in [0.4, 0.5) is 11.4 Å². The molecule has 0 saturated carbocycles. The van der Waals surface area contributed by atoms with E-state index in [0.717, 1.165) is 22.5 Å². The number of nitrogens with zero attached hydrogens (tertiary/aromatic N) is 5. The van der Waals surface area contributed by atoms with Crippen LogP contribution in [0.2, 0.25) is 0 Å². The molecule has 172 valence electrons. The summed E-state index contributed by atoms with van der Waals surface area (Å²) < 4.78 is 34.9. The summed E-state index contributed by atoms with van der Waals surface area (Å²) in [6, 6.07) is 12.8. The van der Waals surface area contributed by atoms with Crippen LogP contribution in [-0.2, 0) is 36.6 Å². The van der Waals surface area contributed by atoms with Crippen molar-refractivity contribution in [2.24, 2.45) is 7.05 Å². The summed E-state index contributed by atoms with van der Waals surface area (Å²) in [5, 5.41) is 0. The third-order valence-electron chi connectivity index (χ3n) is 5.88. The normalized spacial score (nSPS) is 15.5. The Morgan fingerprint density at radius 2 is 2.00 bits per heavy atom. The molecule has 0 radical (unpaired) electrons. The minimum absolute atomic E-state index is 0.247. The van der Waals surface area contributed by atoms with Gasteiger partial charge in [0.15, 0.2) is 5.69 Å². The number of fused-ring (bicyclic) bond motifs is 1. The van der Waals surface area contributed by atoms with Crippen molar-refractivity contribution in [3.05, 3.63) is 83.2 Å². The third-order valence-corrected chi connectivity index (χ3v) is 7.16. The Bertz CT molecular complexity index is 1280. The van der Waals surface area contributed by atoms with E-state index in [2.05, 4.69) is 9.83 Å². The molecule has 1 aliphatic rings. The highest BCUT2D eigenvalue weighted by molar-refractivity contribution is 7.88. The topological polar surface area (TPSA) is 72.0 Å². The van der Waals surface area contributed by atoms with Gasteiger partial charge in [-0.1, -0.05) is 30.3 Å². The lowest BCUT2D eigenvalue weighted by atomic mass is 10.00. The molecule has 1 aliphatic heterocycles. The minimum Gasteiger partial charge on any atom is -0.490 e. The Kier molecular flexibility index (Phi) is 6.40. The molecule has 33 heavy (non-hydrogen) atoms. The average molecular weight is 466 g/mol. The van der Waals surface area contributed by atoms with Crippen LogP contribution in [0.3, 0.4) is 0 Å². The molecule has 0 bridgehead atoms. The lowest BCUT2D eigenvalue weighted by Crippen LogP contribution is -2.45. The fourth-order valence-electron chi connectivity index (χ4n) is 4.15. The highest BCUT2D eigenvalue weighted by Crippen LogP contribution is 2.40. The molecule has 3 aromatic rings. The molecule has 1 aromatic heterocycles. The summed E-state index contributed by atoms with van der Waals surface area (Å²) in [5.74, 6) is 0.705. The zero-order chi connectivity index (χ0) is 23.6. The largest absolute Gasteiger partial charge is 0.490 e. The molecular formula is C24H27N5O3S. The Morgan fingerprint density at radius 3 is 2.64 bits per heavy atom. The van der Waals surface area contributed by atoms with Gasteiger partial charge in [0, 0.05) is 26.8 Å². The molecular weight excluding hydrogens is 438 g/mol. The van der Waals surface area contributed by atoms with Crippen molar-refractivity contribution in [3.8, 4) is 5.75 Å². The van der Waals surface area contributed by atoms with Gasteiger partial charge in [0.25, 0.3) is 0 Å². The fourth-order valence-corrected chi connectivity index (χ4v) is 5.21. The van der Waals surface area contributed by atoms with Crippen molar-refractivity contribution < 1.29 is 13.2 Å². The van der Waals surface area contributed by atoms with E-state index < -0.39 is 10.0 Å². The Labute approximate surface area is 194 Å². The summed E-state index contributed by atoms with van der Waals surface area (Å²) in [5.41, 5.74) is 4.10. The van der Waals surface area contributed by atoms with Crippen molar-refractivity contribution in [3.63, 3.8) is 0 Å². The van der Waals surface area contributed by atoms with E-state index in [0.29, 0.717) is 24.4 Å². The number of benzene rings is 2. The van der Waals surface area contributed by atoms with E-state index in [1.807, 2.05) is 66.2 Å². The van der Waals surface area contributed by atoms with E-state index in [-0.39, 0.29) is 19.2 Å². The number of hydrogen-bond acceptors (Lipinski definition) is 5. The van der Waals surface area contributed by atoms with Crippen molar-refractivity contribution in [2.45, 2.75) is 25.6 Å². The van der Waals surface area contributed by atoms with Gasteiger partial charge >= 0.3 is 0 Å². The Hall–Kier alpha value is -3.35. The minimum atomic E-state index is -3.47. The van der Waals surface area contributed by atoms with Crippen LogP contribution < -0.4 is 9.64 Å². The quantitative estimate of drug-likeness (QED) is 0.501. The number of hydrogen-bond donors (Lipinski definition) is 0. The van der Waals surface area contributed by atoms with Crippen LogP contribution in [0.1, 0.15) is 16.8 Å². The second-order valence-electron chi connectivity index (χ2n) is 8.38. The molecule has 8 nitrogen and oxygen atoms in total. The van der Waals surface area contributed by atoms with Gasteiger partial charge < -0.3 is 14.2 Å². The predicted molar refractivity (Wildman–Crippen MR) is 128 cm³/mol. The van der Waals surface area contributed by atoms with E-state index in [4.69, 9.17) is 11.3 Å². The molecule has 9 heteroatoms. The zero-order valence-electron chi connectivity index (χ0n) is 19.0. The van der Waals surface area contributed by atoms with E-state index in [9.17, 15) is 8.42 Å². The van der Waals surface area contributed by atoms with Crippen molar-refractivity contribution >= 4 is 21.4 Å². The number of aryl methyl sites for hydroxylation is 1. The van der Waals surface area contributed by atoms with Crippen LogP contribution in [-0.4, -0.2) is 48.2 Å². The van der Waals surface area contributed by atoms with Crippen molar-refractivity contribution in [2.75, 3.05) is 24.8 Å². The summed E-state index contributed by atoms with van der Waals surface area (Å²) in [6.45, 7) is 8.68. The number of imidazole rings is 1. The van der Waals surface area contributed by atoms with Gasteiger partial charge in [-0.15, -0.1) is 0 Å². The van der Waals surface area contributed by atoms with Crippen LogP contribution >= 0.6 is 0 Å². The van der Waals surface area contributed by atoms with Gasteiger partial charge in [-0.25, -0.2) is 18.2 Å². The van der Waals surface area contributed by atoms with E-state index in [1.54, 1.807) is 12.4 Å². The molecule has 2 aromatic carbocycles. The SMILES string of the molecule is [C-]#[N+]c1cc2c(c(N(C)Cc3cncn3C)c1)OCC(N(Cc1ccccc1)S(C)(=O)=O)C2. The molecule has 0 amide bonds. The Morgan fingerprint density at radius 1 is 1.24 bits per heavy atom. The fraction of sp³-hybridized carbons (Fsp3) is 0.333. The average Bonchev–Trinajstić information content (AvgIpc) is 3.20. The first-order chi connectivity index (χ1) is 15.8. The highest BCUT2D eigenvalue weighted by atomic mass is 32.2. The van der Waals surface area contributed by atoms with Crippen LogP contribution in [0, 0.1) is 6.57 Å². The number of rotatable bonds is 7. The lowest BCUT2D eigenvalue weighted by Gasteiger charge is -2.35. The Balaban J connectivity index is 1.64. The predicted octanol–water partition coefficient (Wildman–Crippen LogP) is 3.37. The van der Waals surface area contributed by atoms with E-state index in [1.165, 1.54) is 10.6 Å². The first-order valence-corrected chi connectivity index (χ1v) is 12.5. The monoisotopic (exact) mass is 465 g/mol. The number of ether oxygens (including phenoxy) is 1. The maximum Gasteiger partial charge on any atom is 0.211 e. The number of anilines is 1. The van der Waals surface area contributed by atoms with Gasteiger partial charge in [0.2, 0.25) is 10.0 Å². The first kappa shape index (κ1) is 22.8. The molecule has 4 rings (SSSR count). The zero-order valence-corrected chi connectivity index (χ0v) is 19.8. The smallest absolute Gasteiger partial charge is 0.211 e.